The maximum atomic E-state index is 12.1. The van der Waals surface area contributed by atoms with Crippen molar-refractivity contribution in [2.75, 3.05) is 0 Å². The highest BCUT2D eigenvalue weighted by Crippen LogP contribution is 2.42. The van der Waals surface area contributed by atoms with Crippen LogP contribution in [0.3, 0.4) is 0 Å². The predicted octanol–water partition coefficient (Wildman–Crippen LogP) is 13.8. The molecular weight excluding hydrogens is 793 g/mol. The molecule has 0 amide bonds. The number of aromatic hydroxyl groups is 1. The van der Waals surface area contributed by atoms with Gasteiger partial charge in [0.25, 0.3) is 0 Å². The third-order valence-corrected chi connectivity index (χ3v) is 12.8. The molecule has 0 spiro atoms. The van der Waals surface area contributed by atoms with Crippen LogP contribution in [0.5, 0.6) is 5.75 Å². The highest BCUT2D eigenvalue weighted by molar-refractivity contribution is 7.26. The van der Waals surface area contributed by atoms with Crippen LogP contribution in [0, 0.1) is 0 Å². The second-order valence-corrected chi connectivity index (χ2v) is 16.5. The highest BCUT2D eigenvalue weighted by atomic mass is 32.1. The molecule has 0 radical (unpaired) electrons. The summed E-state index contributed by atoms with van der Waals surface area (Å²) in [5, 5.41) is 15.4. The average molecular weight is 827 g/mol. The molecule has 0 atom stereocenters. The van der Waals surface area contributed by atoms with Crippen molar-refractivity contribution in [3.05, 3.63) is 200 Å². The first kappa shape index (κ1) is 36.5. The van der Waals surface area contributed by atoms with Crippen molar-refractivity contribution in [2.45, 2.75) is 0 Å². The average Bonchev–Trinajstić information content (AvgIpc) is 3.90. The van der Waals surface area contributed by atoms with Crippen LogP contribution in [0.15, 0.2) is 200 Å². The normalized spacial score (nSPS) is 11.6. The number of phenolic OH excluding ortho intramolecular Hbond substituents is 1. The molecule has 0 aliphatic rings. The van der Waals surface area contributed by atoms with Crippen molar-refractivity contribution >= 4 is 53.4 Å². The first-order chi connectivity index (χ1) is 31.1. The number of para-hydroxylation sites is 3. The Labute approximate surface area is 366 Å². The summed E-state index contributed by atoms with van der Waals surface area (Å²) < 4.78 is 4.53. The van der Waals surface area contributed by atoms with Crippen LogP contribution in [0.2, 0.25) is 0 Å². The van der Waals surface area contributed by atoms with Gasteiger partial charge in [-0.05, 0) is 54.1 Å². The maximum absolute atomic E-state index is 12.1. The molecule has 4 heterocycles. The van der Waals surface area contributed by atoms with Crippen LogP contribution in [-0.4, -0.2) is 34.6 Å². The van der Waals surface area contributed by atoms with E-state index in [1.54, 1.807) is 11.3 Å². The van der Waals surface area contributed by atoms with Gasteiger partial charge in [-0.15, -0.1) is 11.3 Å². The summed E-state index contributed by atoms with van der Waals surface area (Å²) in [5.41, 5.74) is 10.8. The number of hydrogen-bond donors (Lipinski definition) is 1. The molecule has 12 aromatic rings. The molecule has 8 heteroatoms. The lowest BCUT2D eigenvalue weighted by molar-refractivity contribution is 0.479. The Hall–Kier alpha value is -8.33. The number of aromatic nitrogens is 6. The summed E-state index contributed by atoms with van der Waals surface area (Å²) in [4.78, 5) is 25.4. The van der Waals surface area contributed by atoms with Gasteiger partial charge in [0.2, 0.25) is 0 Å². The third kappa shape index (κ3) is 6.31. The topological polar surface area (TPSA) is 89.6 Å². The SMILES string of the molecule is Oc1c(-c2ccc(-c3nc(-c4ccccc4)c4sc5ccccc5c4n3)cc2)cccc1-c1nc(-c2ccccc2)nc(-c2ccc3c(c2)c2ccccc2n3-c2ccccc2)n1. The molecule has 296 valence electrons. The Morgan fingerprint density at radius 2 is 0.937 bits per heavy atom. The van der Waals surface area contributed by atoms with Crippen molar-refractivity contribution in [3.8, 4) is 79.4 Å². The van der Waals surface area contributed by atoms with Crippen LogP contribution >= 0.6 is 11.3 Å². The van der Waals surface area contributed by atoms with Crippen LogP contribution in [0.4, 0.5) is 0 Å². The maximum Gasteiger partial charge on any atom is 0.167 e. The molecule has 0 bridgehead atoms. The minimum Gasteiger partial charge on any atom is -0.507 e. The van der Waals surface area contributed by atoms with Crippen molar-refractivity contribution < 1.29 is 5.11 Å². The summed E-state index contributed by atoms with van der Waals surface area (Å²) in [5.74, 6) is 2.12. The lowest BCUT2D eigenvalue weighted by Crippen LogP contribution is -2.00. The van der Waals surface area contributed by atoms with Gasteiger partial charge in [-0.2, -0.15) is 0 Å². The van der Waals surface area contributed by atoms with E-state index < -0.39 is 0 Å². The molecular formula is C55H34N6OS. The number of rotatable bonds is 7. The van der Waals surface area contributed by atoms with Gasteiger partial charge in [0.15, 0.2) is 23.3 Å². The van der Waals surface area contributed by atoms with Crippen LogP contribution in [0.1, 0.15) is 0 Å². The van der Waals surface area contributed by atoms with E-state index in [1.807, 2.05) is 97.1 Å². The smallest absolute Gasteiger partial charge is 0.167 e. The largest absolute Gasteiger partial charge is 0.507 e. The summed E-state index contributed by atoms with van der Waals surface area (Å²) >= 11 is 1.72. The van der Waals surface area contributed by atoms with E-state index in [0.29, 0.717) is 34.4 Å². The lowest BCUT2D eigenvalue weighted by atomic mass is 9.99. The fourth-order valence-electron chi connectivity index (χ4n) is 8.58. The van der Waals surface area contributed by atoms with Gasteiger partial charge >= 0.3 is 0 Å². The van der Waals surface area contributed by atoms with Crippen LogP contribution < -0.4 is 0 Å². The van der Waals surface area contributed by atoms with Gasteiger partial charge in [0.1, 0.15) is 5.75 Å². The Balaban J connectivity index is 0.955. The third-order valence-electron chi connectivity index (χ3n) is 11.6. The van der Waals surface area contributed by atoms with Gasteiger partial charge in [-0.3, -0.25) is 0 Å². The molecule has 7 nitrogen and oxygen atoms in total. The summed E-state index contributed by atoms with van der Waals surface area (Å²) in [6.07, 6.45) is 0. The number of hydrogen-bond acceptors (Lipinski definition) is 7. The van der Waals surface area contributed by atoms with Crippen LogP contribution in [-0.2, 0) is 0 Å². The Kier molecular flexibility index (Phi) is 8.69. The van der Waals surface area contributed by atoms with Gasteiger partial charge < -0.3 is 9.67 Å². The molecule has 0 aliphatic carbocycles. The minimum atomic E-state index is 0.0802. The molecule has 0 aliphatic heterocycles. The summed E-state index contributed by atoms with van der Waals surface area (Å²) in [6, 6.07) is 67.5. The zero-order valence-electron chi connectivity index (χ0n) is 33.6. The van der Waals surface area contributed by atoms with E-state index in [1.165, 1.54) is 4.70 Å². The number of phenols is 1. The minimum absolute atomic E-state index is 0.0802. The van der Waals surface area contributed by atoms with Crippen molar-refractivity contribution in [1.82, 2.24) is 29.5 Å². The monoisotopic (exact) mass is 826 g/mol. The number of nitrogens with zero attached hydrogens (tertiary/aromatic N) is 6. The Morgan fingerprint density at radius 3 is 1.71 bits per heavy atom. The molecule has 0 fully saturated rings. The molecule has 63 heavy (non-hydrogen) atoms. The molecule has 0 unspecified atom stereocenters. The Bertz CT molecular complexity index is 3680. The quantitative estimate of drug-likeness (QED) is 0.172. The second-order valence-electron chi connectivity index (χ2n) is 15.4. The second kappa shape index (κ2) is 15.0. The van der Waals surface area contributed by atoms with Gasteiger partial charge in [-0.25, -0.2) is 24.9 Å². The molecule has 8 aromatic carbocycles. The van der Waals surface area contributed by atoms with E-state index in [2.05, 4.69) is 108 Å². The predicted molar refractivity (Wildman–Crippen MR) is 257 cm³/mol. The molecule has 0 saturated carbocycles. The first-order valence-corrected chi connectivity index (χ1v) is 21.5. The van der Waals surface area contributed by atoms with E-state index in [9.17, 15) is 5.11 Å². The molecule has 4 aromatic heterocycles. The summed E-state index contributed by atoms with van der Waals surface area (Å²) in [6.45, 7) is 0. The first-order valence-electron chi connectivity index (χ1n) is 20.7. The number of benzene rings is 8. The standard InChI is InChI=1S/C55H34N6OS/c62-50-40(34-27-29-37(30-28-34)52-56-48(35-15-4-1-5-16-35)51-49(57-52)42-22-11-13-26-47(42)63-51)23-14-24-43(50)55-59-53(36-17-6-2-7-18-36)58-54(60-55)38-31-32-46-44(33-38)41-21-10-12-25-45(41)61(46)39-19-8-3-9-20-39/h1-33,62H. The van der Waals surface area contributed by atoms with Gasteiger partial charge in [0, 0.05) is 54.4 Å². The highest BCUT2D eigenvalue weighted by Gasteiger charge is 2.21. The Morgan fingerprint density at radius 1 is 0.381 bits per heavy atom. The fraction of sp³-hybridized carbons (Fsp3) is 0. The number of thiophene rings is 1. The van der Waals surface area contributed by atoms with Gasteiger partial charge in [0.05, 0.1) is 32.5 Å². The molecule has 0 saturated heterocycles. The van der Waals surface area contributed by atoms with Crippen LogP contribution in [0.25, 0.3) is 116 Å². The number of fused-ring (bicyclic) bond motifs is 6. The van der Waals surface area contributed by atoms with Crippen molar-refractivity contribution in [1.29, 1.82) is 0 Å². The van der Waals surface area contributed by atoms with E-state index in [0.717, 1.165) is 76.6 Å². The van der Waals surface area contributed by atoms with E-state index >= 15 is 0 Å². The molecule has 12 rings (SSSR count). The van der Waals surface area contributed by atoms with E-state index in [4.69, 9.17) is 24.9 Å². The lowest BCUT2D eigenvalue weighted by Gasteiger charge is -2.13. The van der Waals surface area contributed by atoms with Gasteiger partial charge in [-0.1, -0.05) is 152 Å². The van der Waals surface area contributed by atoms with Crippen molar-refractivity contribution in [3.63, 3.8) is 0 Å². The van der Waals surface area contributed by atoms with Crippen molar-refractivity contribution in [2.24, 2.45) is 0 Å². The zero-order chi connectivity index (χ0) is 41.9. The van der Waals surface area contributed by atoms with E-state index in [-0.39, 0.29) is 5.75 Å². The zero-order valence-corrected chi connectivity index (χ0v) is 34.4. The fourth-order valence-corrected chi connectivity index (χ4v) is 9.73. The molecule has 1 N–H and O–H groups in total. The summed E-state index contributed by atoms with van der Waals surface area (Å²) in [7, 11) is 0.